The highest BCUT2D eigenvalue weighted by atomic mass is 35.5. The summed E-state index contributed by atoms with van der Waals surface area (Å²) in [6, 6.07) is 2.12. The van der Waals surface area contributed by atoms with Crippen molar-refractivity contribution in [1.82, 2.24) is 5.32 Å². The van der Waals surface area contributed by atoms with E-state index in [1.165, 1.54) is 6.42 Å². The average Bonchev–Trinajstić information content (AvgIpc) is 2.81. The zero-order valence-corrected chi connectivity index (χ0v) is 21.0. The number of oxime groups is 1. The topological polar surface area (TPSA) is 77.0 Å². The molecule has 1 aromatic carbocycles. The normalized spacial score (nSPS) is 21.1. The Balaban J connectivity index is 1.80. The first kappa shape index (κ1) is 26.0. The molecular weight excluding hydrogens is 452 g/mol. The molecule has 0 unspecified atom stereocenters. The number of esters is 1. The number of hydrogen-bond acceptors (Lipinski definition) is 5. The van der Waals surface area contributed by atoms with Crippen molar-refractivity contribution in [3.63, 3.8) is 0 Å². The van der Waals surface area contributed by atoms with Crippen molar-refractivity contribution in [2.75, 3.05) is 13.2 Å². The fourth-order valence-corrected chi connectivity index (χ4v) is 4.64. The van der Waals surface area contributed by atoms with Gasteiger partial charge in [-0.25, -0.2) is 4.79 Å². The number of fused-ring (bicyclic) bond motifs is 1. The van der Waals surface area contributed by atoms with E-state index < -0.39 is 5.97 Å². The molecule has 3 rings (SSSR count). The Bertz CT molecular complexity index is 962. The number of aryl methyl sites for hydroxylation is 2. The number of carbonyl (C=O) groups excluding carboxylic acids is 2. The molecule has 0 atom stereocenters. The first-order valence-electron chi connectivity index (χ1n) is 12.2. The molecule has 1 aliphatic heterocycles. The molecule has 0 spiro atoms. The molecule has 0 radical (unpaired) electrons. The third-order valence-corrected chi connectivity index (χ3v) is 6.67. The van der Waals surface area contributed by atoms with Crippen LogP contribution in [0.2, 0.25) is 5.02 Å². The van der Waals surface area contributed by atoms with E-state index in [4.69, 9.17) is 21.2 Å². The molecule has 7 heteroatoms. The molecule has 1 aromatic rings. The highest BCUT2D eigenvalue weighted by Gasteiger charge is 2.22. The minimum Gasteiger partial charge on any atom is -0.462 e. The fraction of sp³-hybridized carbons (Fsp3) is 0.519. The Morgan fingerprint density at radius 3 is 2.65 bits per heavy atom. The van der Waals surface area contributed by atoms with Crippen molar-refractivity contribution in [2.24, 2.45) is 5.16 Å². The van der Waals surface area contributed by atoms with Crippen molar-refractivity contribution in [2.45, 2.75) is 77.7 Å². The van der Waals surface area contributed by atoms with Gasteiger partial charge in [0.1, 0.15) is 0 Å². The number of nitrogens with one attached hydrogen (secondary N) is 1. The van der Waals surface area contributed by atoms with Crippen LogP contribution in [0.3, 0.4) is 0 Å². The Labute approximate surface area is 207 Å². The van der Waals surface area contributed by atoms with Crippen molar-refractivity contribution in [3.05, 3.63) is 57.6 Å². The van der Waals surface area contributed by atoms with Crippen molar-refractivity contribution in [3.8, 4) is 0 Å². The van der Waals surface area contributed by atoms with E-state index in [0.717, 1.165) is 49.7 Å². The summed E-state index contributed by atoms with van der Waals surface area (Å²) in [5, 5.41) is 7.79. The summed E-state index contributed by atoms with van der Waals surface area (Å²) in [5.74, 6) is -0.559. The number of halogens is 1. The third kappa shape index (κ3) is 7.73. The maximum absolute atomic E-state index is 12.9. The summed E-state index contributed by atoms with van der Waals surface area (Å²) >= 11 is 6.65. The lowest BCUT2D eigenvalue weighted by atomic mass is 9.94. The predicted molar refractivity (Wildman–Crippen MR) is 135 cm³/mol. The Morgan fingerprint density at radius 1 is 1.12 bits per heavy atom. The largest absolute Gasteiger partial charge is 0.462 e. The zero-order valence-electron chi connectivity index (χ0n) is 20.2. The smallest absolute Gasteiger partial charge is 0.338 e. The predicted octanol–water partition coefficient (Wildman–Crippen LogP) is 5.77. The minimum absolute atomic E-state index is 0.147. The Morgan fingerprint density at radius 2 is 1.85 bits per heavy atom. The van der Waals surface area contributed by atoms with Gasteiger partial charge in [0, 0.05) is 17.5 Å². The number of hydrogen-bond donors (Lipinski definition) is 1. The molecule has 1 fully saturated rings. The van der Waals surface area contributed by atoms with Crippen LogP contribution in [0.15, 0.2) is 35.5 Å². The number of allylic oxidation sites excluding steroid dienone is 3. The van der Waals surface area contributed by atoms with Crippen molar-refractivity contribution >= 4 is 29.2 Å². The van der Waals surface area contributed by atoms with Gasteiger partial charge in [-0.1, -0.05) is 60.3 Å². The van der Waals surface area contributed by atoms with Gasteiger partial charge in [-0.15, -0.1) is 0 Å². The van der Waals surface area contributed by atoms with Gasteiger partial charge in [-0.05, 0) is 68.7 Å². The maximum Gasteiger partial charge on any atom is 0.338 e. The van der Waals surface area contributed by atoms with Gasteiger partial charge in [0.15, 0.2) is 6.61 Å². The molecule has 0 aromatic heterocycles. The maximum atomic E-state index is 12.9. The molecule has 1 aliphatic carbocycles. The van der Waals surface area contributed by atoms with Gasteiger partial charge in [0.25, 0.3) is 5.91 Å². The summed E-state index contributed by atoms with van der Waals surface area (Å²) < 4.78 is 5.52. The van der Waals surface area contributed by atoms with E-state index in [1.807, 2.05) is 38.1 Å². The number of ether oxygens (including phenoxy) is 1. The van der Waals surface area contributed by atoms with Gasteiger partial charge in [-0.2, -0.15) is 0 Å². The molecular formula is C27H35ClN2O4. The van der Waals surface area contributed by atoms with Crippen LogP contribution in [0, 0.1) is 13.8 Å². The summed E-state index contributed by atoms with van der Waals surface area (Å²) in [6.07, 6.45) is 16.2. The van der Waals surface area contributed by atoms with Crippen LogP contribution >= 0.6 is 11.6 Å². The molecule has 0 saturated heterocycles. The van der Waals surface area contributed by atoms with Crippen LogP contribution < -0.4 is 5.32 Å². The van der Waals surface area contributed by atoms with Crippen molar-refractivity contribution < 1.29 is 19.2 Å². The van der Waals surface area contributed by atoms with Crippen LogP contribution in [0.1, 0.15) is 78.4 Å². The van der Waals surface area contributed by atoms with Gasteiger partial charge in [0.2, 0.25) is 0 Å². The minimum atomic E-state index is -0.393. The van der Waals surface area contributed by atoms with E-state index in [9.17, 15) is 9.59 Å². The molecule has 1 saturated carbocycles. The van der Waals surface area contributed by atoms with Crippen LogP contribution in [0.4, 0.5) is 0 Å². The van der Waals surface area contributed by atoms with Gasteiger partial charge >= 0.3 is 5.97 Å². The lowest BCUT2D eigenvalue weighted by Crippen LogP contribution is -2.38. The summed E-state index contributed by atoms with van der Waals surface area (Å²) in [7, 11) is 0. The number of nitrogens with zero attached hydrogens (tertiary/aromatic N) is 1. The Hall–Kier alpha value is -2.60. The SMILES string of the molecule is Cc1cc(C)c2c(c1Cl)CC(=N/OCC(=O)NC1CCCCC1)/C=C/CC/C=C/CCOC2=O. The van der Waals surface area contributed by atoms with Crippen LogP contribution in [-0.2, 0) is 20.8 Å². The third-order valence-electron chi connectivity index (χ3n) is 6.14. The molecule has 1 heterocycles. The first-order chi connectivity index (χ1) is 16.5. The number of cyclic esters (lactones) is 1. The second-order valence-electron chi connectivity index (χ2n) is 8.99. The second kappa shape index (κ2) is 13.3. The van der Waals surface area contributed by atoms with Crippen LogP contribution in [-0.4, -0.2) is 36.8 Å². The zero-order chi connectivity index (χ0) is 24.3. The highest BCUT2D eigenvalue weighted by molar-refractivity contribution is 6.33. The van der Waals surface area contributed by atoms with E-state index in [2.05, 4.69) is 16.5 Å². The number of rotatable bonds is 4. The number of benzene rings is 1. The monoisotopic (exact) mass is 486 g/mol. The molecule has 1 N–H and O–H groups in total. The van der Waals surface area contributed by atoms with Gasteiger partial charge in [0.05, 0.1) is 17.9 Å². The van der Waals surface area contributed by atoms with Gasteiger partial charge < -0.3 is 14.9 Å². The van der Waals surface area contributed by atoms with Gasteiger partial charge in [-0.3, -0.25) is 4.79 Å². The summed E-state index contributed by atoms with van der Waals surface area (Å²) in [5.41, 5.74) is 3.40. The first-order valence-corrected chi connectivity index (χ1v) is 12.6. The fourth-order valence-electron chi connectivity index (χ4n) is 4.43. The van der Waals surface area contributed by atoms with Crippen LogP contribution in [0.25, 0.3) is 0 Å². The molecule has 184 valence electrons. The van der Waals surface area contributed by atoms with E-state index in [0.29, 0.717) is 41.3 Å². The summed E-state index contributed by atoms with van der Waals surface area (Å²) in [6.45, 7) is 3.96. The molecule has 6 nitrogen and oxygen atoms in total. The molecule has 0 bridgehead atoms. The highest BCUT2D eigenvalue weighted by Crippen LogP contribution is 2.29. The number of carbonyl (C=O) groups is 2. The summed E-state index contributed by atoms with van der Waals surface area (Å²) in [4.78, 5) is 30.7. The lowest BCUT2D eigenvalue weighted by molar-refractivity contribution is -0.126. The quantitative estimate of drug-likeness (QED) is 0.332. The van der Waals surface area contributed by atoms with Crippen molar-refractivity contribution in [1.29, 1.82) is 0 Å². The molecule has 34 heavy (non-hydrogen) atoms. The van der Waals surface area contributed by atoms with E-state index in [-0.39, 0.29) is 18.6 Å². The second-order valence-corrected chi connectivity index (χ2v) is 9.37. The lowest BCUT2D eigenvalue weighted by Gasteiger charge is -2.22. The average molecular weight is 487 g/mol. The molecule has 2 aliphatic rings. The number of amides is 1. The van der Waals surface area contributed by atoms with E-state index in [1.54, 1.807) is 0 Å². The molecule has 1 amide bonds. The Kier molecular flexibility index (Phi) is 10.2. The van der Waals surface area contributed by atoms with E-state index >= 15 is 0 Å². The standard InChI is InChI=1S/C27H35ClN2O4/c1-19-16-20(2)26(28)23-17-22(30-34-18-24(31)29-21-12-9-7-10-13-21)14-8-5-3-4-6-11-15-33-27(32)25(19)23/h4,6,8,14,16,21H,3,5,7,9-13,15,17-18H2,1-2H3,(H,29,31)/b6-4+,14-8+,30-22+. The van der Waals surface area contributed by atoms with Crippen LogP contribution in [0.5, 0.6) is 0 Å².